The summed E-state index contributed by atoms with van der Waals surface area (Å²) < 4.78 is 0. The number of hydrogen-bond donors (Lipinski definition) is 2. The third kappa shape index (κ3) is 3.10. The highest BCUT2D eigenvalue weighted by Gasteiger charge is 2.36. The van der Waals surface area contributed by atoms with Gasteiger partial charge in [0.25, 0.3) is 0 Å². The first kappa shape index (κ1) is 17.4. The molecule has 0 bridgehead atoms. The maximum absolute atomic E-state index is 12.7. The molecule has 1 atom stereocenters. The summed E-state index contributed by atoms with van der Waals surface area (Å²) >= 11 is 0. The van der Waals surface area contributed by atoms with Gasteiger partial charge in [0.2, 0.25) is 11.8 Å². The van der Waals surface area contributed by atoms with E-state index in [1.54, 1.807) is 4.90 Å². The van der Waals surface area contributed by atoms with Crippen LogP contribution < -0.4 is 15.5 Å². The number of hydrogen-bond acceptors (Lipinski definition) is 3. The molecule has 2 saturated heterocycles. The maximum Gasteiger partial charge on any atom is 0.227 e. The van der Waals surface area contributed by atoms with E-state index in [0.29, 0.717) is 13.0 Å². The fourth-order valence-corrected chi connectivity index (χ4v) is 4.72. The van der Waals surface area contributed by atoms with Gasteiger partial charge < -0.3 is 15.5 Å². The molecule has 3 aliphatic rings. The molecule has 1 aliphatic carbocycles. The van der Waals surface area contributed by atoms with Gasteiger partial charge in [0, 0.05) is 24.7 Å². The molecule has 2 N–H and O–H groups in total. The number of rotatable bonds is 3. The van der Waals surface area contributed by atoms with E-state index in [1.165, 1.54) is 22.3 Å². The zero-order valence-electron chi connectivity index (χ0n) is 15.9. The van der Waals surface area contributed by atoms with E-state index in [1.807, 2.05) is 6.07 Å². The Morgan fingerprint density at radius 2 is 1.82 bits per heavy atom. The SMILES string of the molecule is O=C(NC1CCNCC1)C1CC(=O)N(c2ccc3c(c2)Cc2ccccc2-3)C1. The molecule has 2 amide bonds. The van der Waals surface area contributed by atoms with Gasteiger partial charge in [-0.3, -0.25) is 9.59 Å². The van der Waals surface area contributed by atoms with Gasteiger partial charge >= 0.3 is 0 Å². The molecule has 0 saturated carbocycles. The van der Waals surface area contributed by atoms with Crippen molar-refractivity contribution in [1.82, 2.24) is 10.6 Å². The van der Waals surface area contributed by atoms with Crippen LogP contribution in [0.15, 0.2) is 42.5 Å². The van der Waals surface area contributed by atoms with Crippen LogP contribution in [0.25, 0.3) is 11.1 Å². The van der Waals surface area contributed by atoms with Gasteiger partial charge in [0.05, 0.1) is 5.92 Å². The van der Waals surface area contributed by atoms with E-state index in [2.05, 4.69) is 47.0 Å². The van der Waals surface area contributed by atoms with Crippen molar-refractivity contribution in [2.75, 3.05) is 24.5 Å². The Hall–Kier alpha value is -2.66. The van der Waals surface area contributed by atoms with Gasteiger partial charge in [-0.05, 0) is 66.7 Å². The minimum atomic E-state index is -0.257. The number of anilines is 1. The number of nitrogens with one attached hydrogen (secondary N) is 2. The molecule has 2 fully saturated rings. The van der Waals surface area contributed by atoms with Crippen molar-refractivity contribution in [3.8, 4) is 11.1 Å². The summed E-state index contributed by atoms with van der Waals surface area (Å²) in [5.74, 6) is -0.190. The predicted octanol–water partition coefficient (Wildman–Crippen LogP) is 2.48. The minimum absolute atomic E-state index is 0.0244. The van der Waals surface area contributed by atoms with Crippen molar-refractivity contribution in [3.63, 3.8) is 0 Å². The number of benzene rings is 2. The average Bonchev–Trinajstić information content (AvgIpc) is 3.28. The topological polar surface area (TPSA) is 61.4 Å². The Balaban J connectivity index is 1.30. The Morgan fingerprint density at radius 1 is 1.04 bits per heavy atom. The van der Waals surface area contributed by atoms with Crippen LogP contribution in [-0.4, -0.2) is 37.5 Å². The fourth-order valence-electron chi connectivity index (χ4n) is 4.72. The first-order valence-electron chi connectivity index (χ1n) is 10.2. The van der Waals surface area contributed by atoms with Crippen LogP contribution in [-0.2, 0) is 16.0 Å². The monoisotopic (exact) mass is 375 g/mol. The highest BCUT2D eigenvalue weighted by molar-refractivity contribution is 6.00. The molecule has 2 heterocycles. The number of fused-ring (bicyclic) bond motifs is 3. The third-order valence-electron chi connectivity index (χ3n) is 6.27. The molecule has 0 spiro atoms. The van der Waals surface area contributed by atoms with Crippen LogP contribution in [0.4, 0.5) is 5.69 Å². The van der Waals surface area contributed by atoms with Crippen LogP contribution in [0.3, 0.4) is 0 Å². The molecule has 0 aromatic heterocycles. The molecule has 28 heavy (non-hydrogen) atoms. The molecular formula is C23H25N3O2. The van der Waals surface area contributed by atoms with Gasteiger partial charge in [0.15, 0.2) is 0 Å². The second kappa shape index (κ2) is 7.06. The Bertz CT molecular complexity index is 933. The largest absolute Gasteiger partial charge is 0.353 e. The molecule has 2 aliphatic heterocycles. The van der Waals surface area contributed by atoms with E-state index in [0.717, 1.165) is 38.0 Å². The second-order valence-electron chi connectivity index (χ2n) is 8.11. The van der Waals surface area contributed by atoms with E-state index in [9.17, 15) is 9.59 Å². The minimum Gasteiger partial charge on any atom is -0.353 e. The summed E-state index contributed by atoms with van der Waals surface area (Å²) in [6.07, 6.45) is 3.12. The van der Waals surface area contributed by atoms with Crippen molar-refractivity contribution < 1.29 is 9.59 Å². The lowest BCUT2D eigenvalue weighted by Gasteiger charge is -2.25. The van der Waals surface area contributed by atoms with Gasteiger partial charge in [-0.2, -0.15) is 0 Å². The zero-order valence-corrected chi connectivity index (χ0v) is 15.9. The lowest BCUT2D eigenvalue weighted by Crippen LogP contribution is -2.45. The number of carbonyl (C=O) groups excluding carboxylic acids is 2. The quantitative estimate of drug-likeness (QED) is 0.739. The van der Waals surface area contributed by atoms with E-state index >= 15 is 0 Å². The molecule has 1 unspecified atom stereocenters. The smallest absolute Gasteiger partial charge is 0.227 e. The van der Waals surface area contributed by atoms with Crippen molar-refractivity contribution in [1.29, 1.82) is 0 Å². The summed E-state index contributed by atoms with van der Waals surface area (Å²) in [4.78, 5) is 27.1. The van der Waals surface area contributed by atoms with Gasteiger partial charge in [0.1, 0.15) is 0 Å². The van der Waals surface area contributed by atoms with E-state index in [4.69, 9.17) is 0 Å². The second-order valence-corrected chi connectivity index (χ2v) is 8.11. The number of amides is 2. The van der Waals surface area contributed by atoms with Crippen LogP contribution in [0.5, 0.6) is 0 Å². The lowest BCUT2D eigenvalue weighted by molar-refractivity contribution is -0.127. The predicted molar refractivity (Wildman–Crippen MR) is 109 cm³/mol. The van der Waals surface area contributed by atoms with Crippen molar-refractivity contribution >= 4 is 17.5 Å². The summed E-state index contributed by atoms with van der Waals surface area (Å²) in [5, 5.41) is 6.46. The lowest BCUT2D eigenvalue weighted by atomic mass is 10.0. The van der Waals surface area contributed by atoms with Gasteiger partial charge in [-0.1, -0.05) is 30.3 Å². The average molecular weight is 375 g/mol. The molecule has 0 radical (unpaired) electrons. The first-order valence-corrected chi connectivity index (χ1v) is 10.2. The van der Waals surface area contributed by atoms with Gasteiger partial charge in [-0.25, -0.2) is 0 Å². The molecule has 2 aromatic carbocycles. The summed E-state index contributed by atoms with van der Waals surface area (Å²) in [6.45, 7) is 2.36. The van der Waals surface area contributed by atoms with Crippen LogP contribution in [0, 0.1) is 5.92 Å². The summed E-state index contributed by atoms with van der Waals surface area (Å²) in [7, 11) is 0. The summed E-state index contributed by atoms with van der Waals surface area (Å²) in [6, 6.07) is 15.0. The first-order chi connectivity index (χ1) is 13.7. The summed E-state index contributed by atoms with van der Waals surface area (Å²) in [5.41, 5.74) is 6.05. The number of piperidine rings is 1. The highest BCUT2D eigenvalue weighted by Crippen LogP contribution is 2.39. The molecule has 144 valence electrons. The van der Waals surface area contributed by atoms with E-state index in [-0.39, 0.29) is 23.8 Å². The fraction of sp³-hybridized carbons (Fsp3) is 0.391. The standard InChI is InChI=1S/C23H25N3O2/c27-22-13-17(23(28)25-18-7-9-24-10-8-18)14-26(22)19-5-6-21-16(12-19)11-15-3-1-2-4-20(15)21/h1-6,12,17-18,24H,7-11,13-14H2,(H,25,28). The molecular weight excluding hydrogens is 350 g/mol. The number of carbonyl (C=O) groups is 2. The number of nitrogens with zero attached hydrogens (tertiary/aromatic N) is 1. The molecule has 5 rings (SSSR count). The van der Waals surface area contributed by atoms with Crippen molar-refractivity contribution in [2.24, 2.45) is 5.92 Å². The Labute approximate surface area is 165 Å². The Kier molecular flexibility index (Phi) is 4.40. The highest BCUT2D eigenvalue weighted by atomic mass is 16.2. The van der Waals surface area contributed by atoms with E-state index < -0.39 is 0 Å². The molecule has 5 nitrogen and oxygen atoms in total. The normalized spacial score (nSPS) is 21.5. The molecule has 5 heteroatoms. The molecule has 2 aromatic rings. The van der Waals surface area contributed by atoms with Crippen molar-refractivity contribution in [2.45, 2.75) is 31.7 Å². The Morgan fingerprint density at radius 3 is 2.68 bits per heavy atom. The van der Waals surface area contributed by atoms with Crippen molar-refractivity contribution in [3.05, 3.63) is 53.6 Å². The third-order valence-corrected chi connectivity index (χ3v) is 6.27. The van der Waals surface area contributed by atoms with Gasteiger partial charge in [-0.15, -0.1) is 0 Å². The maximum atomic E-state index is 12.7. The van der Waals surface area contributed by atoms with Crippen LogP contribution in [0.2, 0.25) is 0 Å². The van der Waals surface area contributed by atoms with Crippen LogP contribution in [0.1, 0.15) is 30.4 Å². The van der Waals surface area contributed by atoms with Crippen LogP contribution >= 0.6 is 0 Å². The zero-order chi connectivity index (χ0) is 19.1.